The fraction of sp³-hybridized carbons (Fsp3) is 1.00. The molecule has 2 bridgehead atoms. The van der Waals surface area contributed by atoms with E-state index >= 15 is 0 Å². The zero-order valence-electron chi connectivity index (χ0n) is 8.26. The van der Waals surface area contributed by atoms with Crippen molar-refractivity contribution >= 4 is 0 Å². The fourth-order valence-corrected chi connectivity index (χ4v) is 3.83. The number of epoxide rings is 1. The third kappa shape index (κ3) is 0.585. The second-order valence-electron chi connectivity index (χ2n) is 5.70. The lowest BCUT2D eigenvalue weighted by Crippen LogP contribution is -2.28. The van der Waals surface area contributed by atoms with Crippen molar-refractivity contribution in [1.29, 1.82) is 0 Å². The molecule has 68 valence electrons. The summed E-state index contributed by atoms with van der Waals surface area (Å²) in [5.41, 5.74) is 1.15. The number of hydrogen-bond acceptors (Lipinski definition) is 1. The highest BCUT2D eigenvalue weighted by atomic mass is 16.6. The van der Waals surface area contributed by atoms with E-state index in [0.717, 1.165) is 5.92 Å². The molecule has 3 aliphatic rings. The first kappa shape index (κ1) is 7.37. The monoisotopic (exact) mass is 166 g/mol. The zero-order chi connectivity index (χ0) is 8.56. The molecular formula is C11H18O. The van der Waals surface area contributed by atoms with Gasteiger partial charge in [0, 0.05) is 5.41 Å². The Morgan fingerprint density at radius 2 is 2.00 bits per heavy atom. The Morgan fingerprint density at radius 1 is 1.25 bits per heavy atom. The number of rotatable bonds is 1. The van der Waals surface area contributed by atoms with Gasteiger partial charge in [-0.25, -0.2) is 0 Å². The summed E-state index contributed by atoms with van der Waals surface area (Å²) in [5.74, 6) is 0.817. The minimum Gasteiger partial charge on any atom is -0.368 e. The molecule has 12 heavy (non-hydrogen) atoms. The maximum absolute atomic E-state index is 5.81. The van der Waals surface area contributed by atoms with E-state index in [-0.39, 0.29) is 0 Å². The summed E-state index contributed by atoms with van der Waals surface area (Å²) in [5, 5.41) is 0. The number of ether oxygens (including phenoxy) is 1. The van der Waals surface area contributed by atoms with Crippen LogP contribution < -0.4 is 0 Å². The lowest BCUT2D eigenvalue weighted by molar-refractivity contribution is 0.103. The van der Waals surface area contributed by atoms with E-state index in [1.807, 2.05) is 0 Å². The fourth-order valence-electron chi connectivity index (χ4n) is 3.83. The van der Waals surface area contributed by atoms with Gasteiger partial charge in [-0.3, -0.25) is 0 Å². The predicted molar refractivity (Wildman–Crippen MR) is 47.9 cm³/mol. The van der Waals surface area contributed by atoms with Gasteiger partial charge >= 0.3 is 0 Å². The third-order valence-electron chi connectivity index (χ3n) is 4.79. The first-order valence-electron chi connectivity index (χ1n) is 5.24. The summed E-state index contributed by atoms with van der Waals surface area (Å²) in [6, 6.07) is 0. The molecule has 0 aromatic carbocycles. The standard InChI is InChI=1S/C11H18O/c1-7(2)11-5-4-10(3,6-11)8-9(11)12-8/h7-9H,4-6H2,1-3H3. The van der Waals surface area contributed by atoms with Gasteiger partial charge in [-0.05, 0) is 30.6 Å². The van der Waals surface area contributed by atoms with Gasteiger partial charge in [0.2, 0.25) is 0 Å². The molecule has 0 amide bonds. The van der Waals surface area contributed by atoms with E-state index < -0.39 is 0 Å². The van der Waals surface area contributed by atoms with Crippen molar-refractivity contribution in [2.45, 2.75) is 52.2 Å². The second kappa shape index (κ2) is 1.75. The summed E-state index contributed by atoms with van der Waals surface area (Å²) in [4.78, 5) is 0. The van der Waals surface area contributed by atoms with E-state index in [2.05, 4.69) is 20.8 Å². The van der Waals surface area contributed by atoms with Crippen molar-refractivity contribution in [2.24, 2.45) is 16.7 Å². The van der Waals surface area contributed by atoms with E-state index in [9.17, 15) is 0 Å². The van der Waals surface area contributed by atoms with E-state index in [1.54, 1.807) is 0 Å². The van der Waals surface area contributed by atoms with Crippen LogP contribution in [-0.4, -0.2) is 12.2 Å². The van der Waals surface area contributed by atoms with Crippen molar-refractivity contribution in [3.63, 3.8) is 0 Å². The van der Waals surface area contributed by atoms with Gasteiger partial charge in [0.25, 0.3) is 0 Å². The van der Waals surface area contributed by atoms with Gasteiger partial charge < -0.3 is 4.74 Å². The van der Waals surface area contributed by atoms with Crippen LogP contribution in [0.15, 0.2) is 0 Å². The van der Waals surface area contributed by atoms with Crippen LogP contribution in [0.1, 0.15) is 40.0 Å². The Hall–Kier alpha value is -0.0400. The number of fused-ring (bicyclic) bond motifs is 5. The molecule has 3 fully saturated rings. The maximum atomic E-state index is 5.81. The summed E-state index contributed by atoms with van der Waals surface area (Å²) in [6.07, 6.45) is 5.56. The molecule has 0 N–H and O–H groups in total. The van der Waals surface area contributed by atoms with Gasteiger partial charge in [-0.2, -0.15) is 0 Å². The van der Waals surface area contributed by atoms with Crippen LogP contribution in [0.3, 0.4) is 0 Å². The van der Waals surface area contributed by atoms with Crippen LogP contribution in [-0.2, 0) is 4.74 Å². The molecule has 0 spiro atoms. The Morgan fingerprint density at radius 3 is 2.42 bits per heavy atom. The van der Waals surface area contributed by atoms with Crippen molar-refractivity contribution < 1.29 is 4.74 Å². The first-order chi connectivity index (χ1) is 5.58. The molecular weight excluding hydrogens is 148 g/mol. The average molecular weight is 166 g/mol. The van der Waals surface area contributed by atoms with Crippen LogP contribution in [0.4, 0.5) is 0 Å². The molecule has 0 aromatic heterocycles. The summed E-state index contributed by atoms with van der Waals surface area (Å²) in [6.45, 7) is 7.17. The Balaban J connectivity index is 2.00. The van der Waals surface area contributed by atoms with Gasteiger partial charge in [0.05, 0.1) is 12.2 Å². The lowest BCUT2D eigenvalue weighted by Gasteiger charge is -2.30. The van der Waals surface area contributed by atoms with Crippen LogP contribution in [0.25, 0.3) is 0 Å². The highest BCUT2D eigenvalue weighted by molar-refractivity contribution is 5.21. The van der Waals surface area contributed by atoms with Crippen LogP contribution in [0, 0.1) is 16.7 Å². The molecule has 4 unspecified atom stereocenters. The zero-order valence-corrected chi connectivity index (χ0v) is 8.26. The first-order valence-corrected chi connectivity index (χ1v) is 5.24. The van der Waals surface area contributed by atoms with Crippen molar-refractivity contribution in [3.05, 3.63) is 0 Å². The summed E-state index contributed by atoms with van der Waals surface area (Å²) in [7, 11) is 0. The SMILES string of the molecule is CC(C)C12CCC(C)(C1)C1OC12. The highest BCUT2D eigenvalue weighted by Crippen LogP contribution is 2.72. The molecule has 1 nitrogen and oxygen atoms in total. The minimum atomic E-state index is 0.564. The largest absolute Gasteiger partial charge is 0.368 e. The quantitative estimate of drug-likeness (QED) is 0.545. The smallest absolute Gasteiger partial charge is 0.0906 e. The molecule has 0 aromatic rings. The Kier molecular flexibility index (Phi) is 1.07. The van der Waals surface area contributed by atoms with Crippen LogP contribution in [0.5, 0.6) is 0 Å². The summed E-state index contributed by atoms with van der Waals surface area (Å²) < 4.78 is 5.81. The van der Waals surface area contributed by atoms with E-state index in [4.69, 9.17) is 4.74 Å². The second-order valence-corrected chi connectivity index (χ2v) is 5.70. The van der Waals surface area contributed by atoms with Crippen LogP contribution in [0.2, 0.25) is 0 Å². The molecule has 0 radical (unpaired) electrons. The Bertz CT molecular complexity index is 235. The normalized spacial score (nSPS) is 61.0. The molecule has 3 rings (SSSR count). The maximum Gasteiger partial charge on any atom is 0.0906 e. The lowest BCUT2D eigenvalue weighted by atomic mass is 9.74. The average Bonchev–Trinajstić information content (AvgIpc) is 2.68. The van der Waals surface area contributed by atoms with Gasteiger partial charge in [0.15, 0.2) is 0 Å². The minimum absolute atomic E-state index is 0.564. The molecule has 2 aliphatic carbocycles. The highest BCUT2D eigenvalue weighted by Gasteiger charge is 2.73. The molecule has 2 saturated carbocycles. The van der Waals surface area contributed by atoms with Gasteiger partial charge in [-0.15, -0.1) is 0 Å². The summed E-state index contributed by atoms with van der Waals surface area (Å²) >= 11 is 0. The topological polar surface area (TPSA) is 12.5 Å². The van der Waals surface area contributed by atoms with Crippen LogP contribution >= 0.6 is 0 Å². The van der Waals surface area contributed by atoms with Gasteiger partial charge in [-0.1, -0.05) is 20.8 Å². The van der Waals surface area contributed by atoms with E-state index in [1.165, 1.54) is 19.3 Å². The van der Waals surface area contributed by atoms with E-state index in [0.29, 0.717) is 23.0 Å². The predicted octanol–water partition coefficient (Wildman–Crippen LogP) is 2.60. The van der Waals surface area contributed by atoms with Crippen molar-refractivity contribution in [1.82, 2.24) is 0 Å². The van der Waals surface area contributed by atoms with Gasteiger partial charge in [0.1, 0.15) is 0 Å². The molecule has 4 atom stereocenters. The molecule has 1 aliphatic heterocycles. The molecule has 1 heteroatoms. The third-order valence-corrected chi connectivity index (χ3v) is 4.79. The van der Waals surface area contributed by atoms with Crippen molar-refractivity contribution in [3.8, 4) is 0 Å². The molecule has 1 saturated heterocycles. The molecule has 1 heterocycles. The number of hydrogen-bond donors (Lipinski definition) is 0. The van der Waals surface area contributed by atoms with Crippen molar-refractivity contribution in [2.75, 3.05) is 0 Å². The Labute approximate surface area is 74.5 Å².